The first-order valence-corrected chi connectivity index (χ1v) is 7.04. The van der Waals surface area contributed by atoms with Gasteiger partial charge in [-0.05, 0) is 35.1 Å². The zero-order chi connectivity index (χ0) is 16.7. The van der Waals surface area contributed by atoms with Crippen LogP contribution >= 0.6 is 12.2 Å². The number of thiocarbonyl (C=S) groups is 1. The van der Waals surface area contributed by atoms with Crippen molar-refractivity contribution in [3.63, 3.8) is 0 Å². The Morgan fingerprint density at radius 1 is 1.09 bits per heavy atom. The lowest BCUT2D eigenvalue weighted by Crippen LogP contribution is -2.49. The van der Waals surface area contributed by atoms with Crippen LogP contribution in [-0.2, 0) is 9.53 Å². The SMILES string of the molecule is COC(=O)NNC(=S)NC(=O)COc1ccc2ccccc2c1. The Hall–Kier alpha value is -2.87. The first-order chi connectivity index (χ1) is 11.1. The molecule has 120 valence electrons. The van der Waals surface area contributed by atoms with Crippen LogP contribution in [-0.4, -0.2) is 30.8 Å². The molecule has 0 spiro atoms. The van der Waals surface area contributed by atoms with Crippen molar-refractivity contribution in [3.8, 4) is 5.75 Å². The number of nitrogens with one attached hydrogen (secondary N) is 3. The molecule has 0 atom stereocenters. The number of methoxy groups -OCH3 is 1. The molecule has 7 nitrogen and oxygen atoms in total. The van der Waals surface area contributed by atoms with Gasteiger partial charge in [-0.3, -0.25) is 15.5 Å². The fraction of sp³-hybridized carbons (Fsp3) is 0.133. The van der Waals surface area contributed by atoms with Gasteiger partial charge in [-0.1, -0.05) is 30.3 Å². The fourth-order valence-electron chi connectivity index (χ4n) is 1.76. The molecule has 0 aromatic heterocycles. The van der Waals surface area contributed by atoms with Crippen LogP contribution in [0.5, 0.6) is 5.75 Å². The Kier molecular flexibility index (Phi) is 5.70. The summed E-state index contributed by atoms with van der Waals surface area (Å²) in [6.07, 6.45) is -0.728. The number of carbonyl (C=O) groups is 2. The molecule has 0 aliphatic carbocycles. The number of benzene rings is 2. The van der Waals surface area contributed by atoms with Crippen molar-refractivity contribution in [1.82, 2.24) is 16.2 Å². The minimum absolute atomic E-state index is 0.0671. The summed E-state index contributed by atoms with van der Waals surface area (Å²) in [4.78, 5) is 22.5. The molecule has 0 aliphatic heterocycles. The monoisotopic (exact) mass is 333 g/mol. The number of hydrogen-bond donors (Lipinski definition) is 3. The number of amides is 2. The van der Waals surface area contributed by atoms with Crippen LogP contribution in [0.4, 0.5) is 4.79 Å². The molecule has 0 heterocycles. The second kappa shape index (κ2) is 7.95. The Morgan fingerprint density at radius 2 is 1.83 bits per heavy atom. The van der Waals surface area contributed by atoms with Crippen LogP contribution in [0.3, 0.4) is 0 Å². The van der Waals surface area contributed by atoms with E-state index in [0.717, 1.165) is 10.8 Å². The van der Waals surface area contributed by atoms with Crippen LogP contribution in [0.2, 0.25) is 0 Å². The maximum Gasteiger partial charge on any atom is 0.425 e. The fourth-order valence-corrected chi connectivity index (χ4v) is 1.92. The highest BCUT2D eigenvalue weighted by Gasteiger charge is 2.07. The average Bonchev–Trinajstić information content (AvgIpc) is 2.57. The molecular weight excluding hydrogens is 318 g/mol. The quantitative estimate of drug-likeness (QED) is 0.582. The summed E-state index contributed by atoms with van der Waals surface area (Å²) in [6.45, 7) is -0.210. The Morgan fingerprint density at radius 3 is 2.57 bits per heavy atom. The lowest BCUT2D eigenvalue weighted by Gasteiger charge is -2.10. The van der Waals surface area contributed by atoms with E-state index >= 15 is 0 Å². The highest BCUT2D eigenvalue weighted by Crippen LogP contribution is 2.20. The summed E-state index contributed by atoms with van der Waals surface area (Å²) in [6, 6.07) is 13.4. The summed E-state index contributed by atoms with van der Waals surface area (Å²) in [7, 11) is 1.20. The average molecular weight is 333 g/mol. The summed E-state index contributed by atoms with van der Waals surface area (Å²) < 4.78 is 9.75. The van der Waals surface area contributed by atoms with Crippen molar-refractivity contribution in [3.05, 3.63) is 42.5 Å². The predicted molar refractivity (Wildman–Crippen MR) is 88.9 cm³/mol. The van der Waals surface area contributed by atoms with E-state index in [-0.39, 0.29) is 11.7 Å². The van der Waals surface area contributed by atoms with Crippen molar-refractivity contribution in [2.24, 2.45) is 0 Å². The molecule has 0 fully saturated rings. The first kappa shape index (κ1) is 16.5. The van der Waals surface area contributed by atoms with Crippen molar-refractivity contribution >= 4 is 40.1 Å². The van der Waals surface area contributed by atoms with E-state index in [9.17, 15) is 9.59 Å². The second-order valence-electron chi connectivity index (χ2n) is 4.42. The Bertz CT molecular complexity index is 735. The molecule has 2 aromatic rings. The maximum absolute atomic E-state index is 11.7. The van der Waals surface area contributed by atoms with E-state index in [4.69, 9.17) is 17.0 Å². The number of carbonyl (C=O) groups excluding carboxylic acids is 2. The van der Waals surface area contributed by atoms with Crippen LogP contribution in [0.25, 0.3) is 10.8 Å². The van der Waals surface area contributed by atoms with E-state index in [1.54, 1.807) is 6.07 Å². The molecule has 0 unspecified atom stereocenters. The third-order valence-corrected chi connectivity index (χ3v) is 3.01. The van der Waals surface area contributed by atoms with Gasteiger partial charge in [-0.25, -0.2) is 10.2 Å². The molecular formula is C15H15N3O4S. The van der Waals surface area contributed by atoms with E-state index in [2.05, 4.69) is 20.9 Å². The van der Waals surface area contributed by atoms with E-state index in [1.807, 2.05) is 36.4 Å². The van der Waals surface area contributed by atoms with Gasteiger partial charge in [0.05, 0.1) is 7.11 Å². The largest absolute Gasteiger partial charge is 0.484 e. The van der Waals surface area contributed by atoms with Crippen molar-refractivity contribution in [2.45, 2.75) is 0 Å². The molecule has 2 rings (SSSR count). The standard InChI is InChI=1S/C15H15N3O4S/c1-21-15(20)18-17-14(23)16-13(19)9-22-12-7-6-10-4-2-3-5-11(10)8-12/h2-8H,9H2,1H3,(H,18,20)(H2,16,17,19,23). The molecule has 8 heteroatoms. The lowest BCUT2D eigenvalue weighted by molar-refractivity contribution is -0.121. The van der Waals surface area contributed by atoms with E-state index < -0.39 is 12.0 Å². The van der Waals surface area contributed by atoms with Gasteiger partial charge in [0.25, 0.3) is 5.91 Å². The molecule has 23 heavy (non-hydrogen) atoms. The molecule has 0 saturated carbocycles. The van der Waals surface area contributed by atoms with Crippen molar-refractivity contribution < 1.29 is 19.1 Å². The van der Waals surface area contributed by atoms with E-state index in [1.165, 1.54) is 7.11 Å². The maximum atomic E-state index is 11.7. The second-order valence-corrected chi connectivity index (χ2v) is 4.82. The van der Waals surface area contributed by atoms with Gasteiger partial charge >= 0.3 is 6.09 Å². The molecule has 0 aliphatic rings. The summed E-state index contributed by atoms with van der Waals surface area (Å²) in [5, 5.41) is 4.39. The molecule has 0 saturated heterocycles. The van der Waals surface area contributed by atoms with Gasteiger partial charge in [-0.2, -0.15) is 0 Å². The predicted octanol–water partition coefficient (Wildman–Crippen LogP) is 1.48. The zero-order valence-corrected chi connectivity index (χ0v) is 13.1. The zero-order valence-electron chi connectivity index (χ0n) is 12.3. The smallest absolute Gasteiger partial charge is 0.425 e. The normalized spacial score (nSPS) is 9.78. The van der Waals surface area contributed by atoms with Gasteiger partial charge < -0.3 is 9.47 Å². The van der Waals surface area contributed by atoms with Crippen LogP contribution < -0.4 is 20.9 Å². The lowest BCUT2D eigenvalue weighted by atomic mass is 10.1. The Labute approximate surface area is 137 Å². The van der Waals surface area contributed by atoms with Crippen LogP contribution in [0.1, 0.15) is 0 Å². The summed E-state index contributed by atoms with van der Waals surface area (Å²) in [5.74, 6) is 0.118. The van der Waals surface area contributed by atoms with Gasteiger partial charge in [0.15, 0.2) is 11.7 Å². The number of hydrogen-bond acceptors (Lipinski definition) is 5. The number of ether oxygens (including phenoxy) is 2. The van der Waals surface area contributed by atoms with Crippen LogP contribution in [0, 0.1) is 0 Å². The molecule has 2 amide bonds. The topological polar surface area (TPSA) is 88.7 Å². The van der Waals surface area contributed by atoms with Gasteiger partial charge in [0.1, 0.15) is 5.75 Å². The summed E-state index contributed by atoms with van der Waals surface area (Å²) in [5.41, 5.74) is 4.43. The van der Waals surface area contributed by atoms with Gasteiger partial charge in [0, 0.05) is 0 Å². The minimum Gasteiger partial charge on any atom is -0.484 e. The number of fused-ring (bicyclic) bond motifs is 1. The first-order valence-electron chi connectivity index (χ1n) is 6.64. The number of rotatable bonds is 3. The van der Waals surface area contributed by atoms with Gasteiger partial charge in [-0.15, -0.1) is 0 Å². The number of hydrazine groups is 1. The van der Waals surface area contributed by atoms with Crippen LogP contribution in [0.15, 0.2) is 42.5 Å². The van der Waals surface area contributed by atoms with Gasteiger partial charge in [0.2, 0.25) is 0 Å². The molecule has 2 aromatic carbocycles. The highest BCUT2D eigenvalue weighted by atomic mass is 32.1. The molecule has 0 radical (unpaired) electrons. The van der Waals surface area contributed by atoms with E-state index in [0.29, 0.717) is 5.75 Å². The molecule has 0 bridgehead atoms. The minimum atomic E-state index is -0.728. The highest BCUT2D eigenvalue weighted by molar-refractivity contribution is 7.80. The molecule has 3 N–H and O–H groups in total. The third kappa shape index (κ3) is 5.11. The summed E-state index contributed by atoms with van der Waals surface area (Å²) >= 11 is 4.82. The third-order valence-electron chi connectivity index (χ3n) is 2.81. The van der Waals surface area contributed by atoms with Crippen molar-refractivity contribution in [1.29, 1.82) is 0 Å². The Balaban J connectivity index is 1.81. The van der Waals surface area contributed by atoms with Crippen molar-refractivity contribution in [2.75, 3.05) is 13.7 Å².